The number of nitrogens with zero attached hydrogens (tertiary/aromatic N) is 2. The van der Waals surface area contributed by atoms with Gasteiger partial charge in [-0.2, -0.15) is 5.10 Å². The first-order valence-electron chi connectivity index (χ1n) is 4.44. The molecule has 5 heteroatoms. The molecular weight excluding hydrogens is 168 g/mol. The molecule has 0 bridgehead atoms. The molecule has 0 spiro atoms. The molecule has 0 aromatic heterocycles. The number of hydrogen-bond donors (Lipinski definition) is 2. The molecule has 0 radical (unpaired) electrons. The van der Waals surface area contributed by atoms with Crippen LogP contribution in [0.3, 0.4) is 0 Å². The Bertz CT molecular complexity index is 224. The van der Waals surface area contributed by atoms with Gasteiger partial charge in [0.15, 0.2) is 0 Å². The van der Waals surface area contributed by atoms with Crippen LogP contribution in [0.15, 0.2) is 5.10 Å². The Kier molecular flexibility index (Phi) is 3.25. The maximum absolute atomic E-state index is 10.4. The SMILES string of the molecule is CC(C)N1CCC(=NNC(N)=O)C1. The number of urea groups is 1. The number of rotatable bonds is 2. The molecule has 13 heavy (non-hydrogen) atoms. The summed E-state index contributed by atoms with van der Waals surface area (Å²) in [7, 11) is 0. The van der Waals surface area contributed by atoms with Crippen molar-refractivity contribution in [1.29, 1.82) is 0 Å². The predicted molar refractivity (Wildman–Crippen MR) is 51.5 cm³/mol. The van der Waals surface area contributed by atoms with E-state index in [-0.39, 0.29) is 0 Å². The van der Waals surface area contributed by atoms with E-state index in [1.165, 1.54) is 0 Å². The minimum Gasteiger partial charge on any atom is -0.350 e. The zero-order chi connectivity index (χ0) is 9.84. The van der Waals surface area contributed by atoms with Crippen molar-refractivity contribution in [3.05, 3.63) is 0 Å². The van der Waals surface area contributed by atoms with Gasteiger partial charge in [0.25, 0.3) is 0 Å². The molecule has 1 saturated heterocycles. The highest BCUT2D eigenvalue weighted by molar-refractivity contribution is 5.89. The van der Waals surface area contributed by atoms with Crippen LogP contribution in [-0.4, -0.2) is 35.8 Å². The highest BCUT2D eigenvalue weighted by Crippen LogP contribution is 2.08. The third-order valence-electron chi connectivity index (χ3n) is 2.13. The molecule has 0 aromatic rings. The monoisotopic (exact) mass is 184 g/mol. The number of nitrogens with one attached hydrogen (secondary N) is 1. The van der Waals surface area contributed by atoms with Crippen LogP contribution < -0.4 is 11.2 Å². The average Bonchev–Trinajstić information content (AvgIpc) is 2.48. The second kappa shape index (κ2) is 4.23. The lowest BCUT2D eigenvalue weighted by molar-refractivity contribution is 0.249. The van der Waals surface area contributed by atoms with Gasteiger partial charge in [0.1, 0.15) is 0 Å². The van der Waals surface area contributed by atoms with E-state index in [4.69, 9.17) is 5.73 Å². The van der Waals surface area contributed by atoms with Crippen LogP contribution >= 0.6 is 0 Å². The summed E-state index contributed by atoms with van der Waals surface area (Å²) in [5.41, 5.74) is 8.13. The number of carbonyl (C=O) groups excluding carboxylic acids is 1. The second-order valence-electron chi connectivity index (χ2n) is 3.47. The van der Waals surface area contributed by atoms with Gasteiger partial charge >= 0.3 is 6.03 Å². The quantitative estimate of drug-likeness (QED) is 0.598. The van der Waals surface area contributed by atoms with E-state index in [0.717, 1.165) is 25.2 Å². The fourth-order valence-corrected chi connectivity index (χ4v) is 1.33. The molecular formula is C8H16N4O. The molecule has 5 nitrogen and oxygen atoms in total. The van der Waals surface area contributed by atoms with E-state index in [1.807, 2.05) is 0 Å². The minimum atomic E-state index is -0.601. The zero-order valence-electron chi connectivity index (χ0n) is 8.08. The highest BCUT2D eigenvalue weighted by atomic mass is 16.2. The van der Waals surface area contributed by atoms with E-state index >= 15 is 0 Å². The number of hydrogen-bond acceptors (Lipinski definition) is 3. The summed E-state index contributed by atoms with van der Waals surface area (Å²) in [4.78, 5) is 12.7. The van der Waals surface area contributed by atoms with Gasteiger partial charge in [-0.25, -0.2) is 10.2 Å². The van der Waals surface area contributed by atoms with Gasteiger partial charge in [0.2, 0.25) is 0 Å². The van der Waals surface area contributed by atoms with Crippen molar-refractivity contribution in [1.82, 2.24) is 10.3 Å². The molecule has 3 N–H and O–H groups in total. The number of nitrogens with two attached hydrogens (primary N) is 1. The molecule has 1 aliphatic rings. The smallest absolute Gasteiger partial charge is 0.332 e. The van der Waals surface area contributed by atoms with E-state index in [1.54, 1.807) is 0 Å². The molecule has 2 amide bonds. The summed E-state index contributed by atoms with van der Waals surface area (Å²) in [5.74, 6) is 0. The second-order valence-corrected chi connectivity index (χ2v) is 3.47. The number of primary amides is 1. The summed E-state index contributed by atoms with van der Waals surface area (Å²) in [5, 5.41) is 3.91. The number of hydrazone groups is 1. The molecule has 0 atom stereocenters. The van der Waals surface area contributed by atoms with Gasteiger partial charge in [-0.05, 0) is 13.8 Å². The number of amides is 2. The van der Waals surface area contributed by atoms with E-state index < -0.39 is 6.03 Å². The maximum atomic E-state index is 10.4. The van der Waals surface area contributed by atoms with Gasteiger partial charge < -0.3 is 5.73 Å². The lowest BCUT2D eigenvalue weighted by atomic mass is 10.3. The Morgan fingerprint density at radius 2 is 2.38 bits per heavy atom. The first-order valence-corrected chi connectivity index (χ1v) is 4.44. The summed E-state index contributed by atoms with van der Waals surface area (Å²) in [6.07, 6.45) is 0.915. The standard InChI is InChI=1S/C8H16N4O/c1-6(2)12-4-3-7(5-12)10-11-8(9)13/h6H,3-5H2,1-2H3,(H3,9,11,13). The summed E-state index contributed by atoms with van der Waals surface area (Å²) in [6, 6.07) is -0.0724. The Balaban J connectivity index is 2.40. The third kappa shape index (κ3) is 3.02. The zero-order valence-corrected chi connectivity index (χ0v) is 8.08. The molecule has 1 rings (SSSR count). The Hall–Kier alpha value is -1.10. The van der Waals surface area contributed by atoms with Gasteiger partial charge in [0, 0.05) is 25.6 Å². The molecule has 1 fully saturated rings. The van der Waals surface area contributed by atoms with Gasteiger partial charge in [-0.3, -0.25) is 4.90 Å². The van der Waals surface area contributed by atoms with Crippen LogP contribution in [0, 0.1) is 0 Å². The van der Waals surface area contributed by atoms with E-state index in [9.17, 15) is 4.79 Å². The average molecular weight is 184 g/mol. The molecule has 1 heterocycles. The van der Waals surface area contributed by atoms with Crippen LogP contribution in [0.2, 0.25) is 0 Å². The lowest BCUT2D eigenvalue weighted by Gasteiger charge is -2.18. The van der Waals surface area contributed by atoms with Gasteiger partial charge in [0.05, 0.1) is 5.71 Å². The fraction of sp³-hybridized carbons (Fsp3) is 0.750. The van der Waals surface area contributed by atoms with E-state index in [2.05, 4.69) is 29.3 Å². The Morgan fingerprint density at radius 1 is 1.69 bits per heavy atom. The molecule has 1 aliphatic heterocycles. The Labute approximate surface area is 78.0 Å². The lowest BCUT2D eigenvalue weighted by Crippen LogP contribution is -2.29. The van der Waals surface area contributed by atoms with Crippen LogP contribution in [0.5, 0.6) is 0 Å². The maximum Gasteiger partial charge on any atom is 0.332 e. The van der Waals surface area contributed by atoms with E-state index in [0.29, 0.717) is 6.04 Å². The summed E-state index contributed by atoms with van der Waals surface area (Å²) < 4.78 is 0. The van der Waals surface area contributed by atoms with Crippen molar-refractivity contribution in [3.63, 3.8) is 0 Å². The summed E-state index contributed by atoms with van der Waals surface area (Å²) >= 11 is 0. The van der Waals surface area contributed by atoms with Crippen molar-refractivity contribution in [2.24, 2.45) is 10.8 Å². The Morgan fingerprint density at radius 3 is 2.85 bits per heavy atom. The first-order chi connectivity index (χ1) is 6.09. The largest absolute Gasteiger partial charge is 0.350 e. The number of carbonyl (C=O) groups is 1. The molecule has 0 unspecified atom stereocenters. The van der Waals surface area contributed by atoms with Crippen LogP contribution in [-0.2, 0) is 0 Å². The highest BCUT2D eigenvalue weighted by Gasteiger charge is 2.19. The molecule has 0 aliphatic carbocycles. The van der Waals surface area contributed by atoms with Crippen molar-refractivity contribution >= 4 is 11.7 Å². The molecule has 0 aromatic carbocycles. The first kappa shape index (κ1) is 9.98. The van der Waals surface area contributed by atoms with Crippen LogP contribution in [0.4, 0.5) is 4.79 Å². The summed E-state index contributed by atoms with van der Waals surface area (Å²) in [6.45, 7) is 6.13. The molecule has 74 valence electrons. The molecule has 0 saturated carbocycles. The van der Waals surface area contributed by atoms with Crippen molar-refractivity contribution < 1.29 is 4.79 Å². The normalized spacial score (nSPS) is 21.3. The van der Waals surface area contributed by atoms with Crippen LogP contribution in [0.25, 0.3) is 0 Å². The topological polar surface area (TPSA) is 70.7 Å². The predicted octanol–water partition coefficient (Wildman–Crippen LogP) is 0.125. The third-order valence-corrected chi connectivity index (χ3v) is 2.13. The number of likely N-dealkylation sites (tertiary alicyclic amines) is 1. The van der Waals surface area contributed by atoms with Gasteiger partial charge in [-0.1, -0.05) is 0 Å². The van der Waals surface area contributed by atoms with Crippen LogP contribution in [0.1, 0.15) is 20.3 Å². The minimum absolute atomic E-state index is 0.529. The van der Waals surface area contributed by atoms with Gasteiger partial charge in [-0.15, -0.1) is 0 Å². The van der Waals surface area contributed by atoms with Crippen molar-refractivity contribution in [2.45, 2.75) is 26.3 Å². The van der Waals surface area contributed by atoms with Crippen molar-refractivity contribution in [3.8, 4) is 0 Å². The van der Waals surface area contributed by atoms with Crippen molar-refractivity contribution in [2.75, 3.05) is 13.1 Å². The fourth-order valence-electron chi connectivity index (χ4n) is 1.33.